The van der Waals surface area contributed by atoms with Crippen molar-refractivity contribution in [2.45, 2.75) is 20.0 Å². The lowest BCUT2D eigenvalue weighted by Crippen LogP contribution is -2.08. The predicted octanol–water partition coefficient (Wildman–Crippen LogP) is 5.77. The summed E-state index contributed by atoms with van der Waals surface area (Å²) in [5.41, 5.74) is 1.73. The summed E-state index contributed by atoms with van der Waals surface area (Å²) in [4.78, 5) is 8.41. The van der Waals surface area contributed by atoms with E-state index in [-0.39, 0.29) is 22.4 Å². The highest BCUT2D eigenvalue weighted by atomic mass is 35.5. The van der Waals surface area contributed by atoms with Crippen LogP contribution in [0.15, 0.2) is 48.8 Å². The molecular formula is C20H14ClF3N4. The maximum Gasteiger partial charge on any atom is 0.417 e. The summed E-state index contributed by atoms with van der Waals surface area (Å²) in [6.45, 7) is 3.39. The third-order valence-corrected chi connectivity index (χ3v) is 4.90. The minimum Gasteiger partial charge on any atom is -0.265 e. The van der Waals surface area contributed by atoms with Crippen LogP contribution in [0.5, 0.6) is 0 Å². The van der Waals surface area contributed by atoms with Crippen LogP contribution in [0.2, 0.25) is 5.02 Å². The Labute approximate surface area is 163 Å². The highest BCUT2D eigenvalue weighted by Crippen LogP contribution is 2.38. The molecule has 142 valence electrons. The van der Waals surface area contributed by atoms with Gasteiger partial charge < -0.3 is 0 Å². The van der Waals surface area contributed by atoms with Gasteiger partial charge in [0.05, 0.1) is 28.0 Å². The van der Waals surface area contributed by atoms with E-state index in [9.17, 15) is 13.2 Å². The van der Waals surface area contributed by atoms with Gasteiger partial charge in [-0.3, -0.25) is 4.98 Å². The number of fused-ring (bicyclic) bond motifs is 1. The molecule has 0 unspecified atom stereocenters. The summed E-state index contributed by atoms with van der Waals surface area (Å²) in [5, 5.41) is 4.80. The highest BCUT2D eigenvalue weighted by molar-refractivity contribution is 6.31. The van der Waals surface area contributed by atoms with Crippen LogP contribution >= 0.6 is 11.6 Å². The molecule has 0 amide bonds. The van der Waals surface area contributed by atoms with Crippen molar-refractivity contribution in [3.63, 3.8) is 0 Å². The molecule has 0 bridgehead atoms. The first-order valence-electron chi connectivity index (χ1n) is 8.40. The Balaban J connectivity index is 2.07. The van der Waals surface area contributed by atoms with Crippen LogP contribution in [0.4, 0.5) is 13.2 Å². The number of nitrogens with zero attached hydrogens (tertiary/aromatic N) is 4. The van der Waals surface area contributed by atoms with Crippen LogP contribution in [-0.4, -0.2) is 19.7 Å². The van der Waals surface area contributed by atoms with E-state index in [4.69, 9.17) is 11.6 Å². The Bertz CT molecular complexity index is 1180. The average Bonchev–Trinajstić information content (AvgIpc) is 3.00. The monoisotopic (exact) mass is 402 g/mol. The minimum atomic E-state index is -4.55. The number of benzene rings is 1. The van der Waals surface area contributed by atoms with Gasteiger partial charge in [-0.05, 0) is 49.7 Å². The van der Waals surface area contributed by atoms with Crippen molar-refractivity contribution in [1.29, 1.82) is 0 Å². The molecule has 8 heteroatoms. The number of aryl methyl sites for hydroxylation is 2. The number of alkyl halides is 3. The largest absolute Gasteiger partial charge is 0.417 e. The maximum atomic E-state index is 13.8. The summed E-state index contributed by atoms with van der Waals surface area (Å²) < 4.78 is 42.9. The van der Waals surface area contributed by atoms with Gasteiger partial charge in [0.15, 0.2) is 5.65 Å². The SMILES string of the molecule is Cc1ccc(-n2nc(C)c3c(C(F)(F)F)cc(-c4ccncc4)nc32)cc1Cl. The summed E-state index contributed by atoms with van der Waals surface area (Å²) in [5.74, 6) is 0. The van der Waals surface area contributed by atoms with Crippen LogP contribution < -0.4 is 0 Å². The Morgan fingerprint density at radius 3 is 2.36 bits per heavy atom. The molecule has 0 saturated carbocycles. The first-order chi connectivity index (χ1) is 13.3. The van der Waals surface area contributed by atoms with Crippen molar-refractivity contribution in [3.8, 4) is 16.9 Å². The zero-order valence-electron chi connectivity index (χ0n) is 14.9. The van der Waals surface area contributed by atoms with Crippen LogP contribution in [-0.2, 0) is 6.18 Å². The average molecular weight is 403 g/mol. The zero-order chi connectivity index (χ0) is 20.1. The molecule has 0 N–H and O–H groups in total. The van der Waals surface area contributed by atoms with Gasteiger partial charge in [0, 0.05) is 23.0 Å². The van der Waals surface area contributed by atoms with E-state index >= 15 is 0 Å². The Morgan fingerprint density at radius 2 is 1.71 bits per heavy atom. The topological polar surface area (TPSA) is 43.6 Å². The smallest absolute Gasteiger partial charge is 0.265 e. The van der Waals surface area contributed by atoms with E-state index < -0.39 is 11.7 Å². The van der Waals surface area contributed by atoms with Crippen LogP contribution in [0, 0.1) is 13.8 Å². The fourth-order valence-electron chi connectivity index (χ4n) is 3.08. The molecule has 3 heterocycles. The first kappa shape index (κ1) is 18.4. The Kier molecular flexibility index (Phi) is 4.34. The molecular weight excluding hydrogens is 389 g/mol. The molecule has 3 aromatic heterocycles. The Hall–Kier alpha value is -2.93. The van der Waals surface area contributed by atoms with Gasteiger partial charge in [0.25, 0.3) is 0 Å². The van der Waals surface area contributed by atoms with Crippen molar-refractivity contribution in [1.82, 2.24) is 19.7 Å². The van der Waals surface area contributed by atoms with Gasteiger partial charge in [-0.1, -0.05) is 17.7 Å². The molecule has 0 aliphatic carbocycles. The second-order valence-corrected chi connectivity index (χ2v) is 6.83. The second-order valence-electron chi connectivity index (χ2n) is 6.42. The fraction of sp³-hybridized carbons (Fsp3) is 0.150. The molecule has 1 aromatic carbocycles. The van der Waals surface area contributed by atoms with Crippen LogP contribution in [0.3, 0.4) is 0 Å². The molecule has 4 aromatic rings. The third kappa shape index (κ3) is 3.11. The van der Waals surface area contributed by atoms with E-state index in [1.54, 1.807) is 30.3 Å². The van der Waals surface area contributed by atoms with E-state index in [0.717, 1.165) is 11.6 Å². The highest BCUT2D eigenvalue weighted by Gasteiger charge is 2.35. The van der Waals surface area contributed by atoms with Crippen molar-refractivity contribution in [3.05, 3.63) is 70.6 Å². The number of hydrogen-bond acceptors (Lipinski definition) is 3. The van der Waals surface area contributed by atoms with Crippen molar-refractivity contribution < 1.29 is 13.2 Å². The van der Waals surface area contributed by atoms with Crippen molar-refractivity contribution in [2.24, 2.45) is 0 Å². The van der Waals surface area contributed by atoms with Gasteiger partial charge in [0.2, 0.25) is 0 Å². The summed E-state index contributed by atoms with van der Waals surface area (Å²) in [6.07, 6.45) is -1.53. The van der Waals surface area contributed by atoms with Gasteiger partial charge >= 0.3 is 6.18 Å². The molecule has 4 nitrogen and oxygen atoms in total. The molecule has 0 fully saturated rings. The quantitative estimate of drug-likeness (QED) is 0.427. The minimum absolute atomic E-state index is 0.0259. The lowest BCUT2D eigenvalue weighted by molar-refractivity contribution is -0.136. The van der Waals surface area contributed by atoms with Gasteiger partial charge in [-0.25, -0.2) is 9.67 Å². The fourth-order valence-corrected chi connectivity index (χ4v) is 3.25. The van der Waals surface area contributed by atoms with Gasteiger partial charge in [-0.2, -0.15) is 18.3 Å². The number of halogens is 4. The molecule has 0 radical (unpaired) electrons. The van der Waals surface area contributed by atoms with Crippen LogP contribution in [0.25, 0.3) is 28.0 Å². The number of aromatic nitrogens is 4. The van der Waals surface area contributed by atoms with Crippen LogP contribution in [0.1, 0.15) is 16.8 Å². The van der Waals surface area contributed by atoms with E-state index in [0.29, 0.717) is 16.3 Å². The van der Waals surface area contributed by atoms with E-state index in [1.165, 1.54) is 24.0 Å². The molecule has 28 heavy (non-hydrogen) atoms. The number of rotatable bonds is 2. The predicted molar refractivity (Wildman–Crippen MR) is 102 cm³/mol. The lowest BCUT2D eigenvalue weighted by atomic mass is 10.1. The van der Waals surface area contributed by atoms with Crippen molar-refractivity contribution in [2.75, 3.05) is 0 Å². The molecule has 0 spiro atoms. The second kappa shape index (κ2) is 6.60. The van der Waals surface area contributed by atoms with Crippen molar-refractivity contribution >= 4 is 22.6 Å². The van der Waals surface area contributed by atoms with Gasteiger partial charge in [0.1, 0.15) is 0 Å². The summed E-state index contributed by atoms with van der Waals surface area (Å²) in [7, 11) is 0. The van der Waals surface area contributed by atoms with E-state index in [2.05, 4.69) is 15.1 Å². The standard InChI is InChI=1S/C20H14ClF3N4/c1-11-3-4-14(9-16(11)21)28-19-18(12(2)27-28)15(20(22,23)24)10-17(26-19)13-5-7-25-8-6-13/h3-10H,1-2H3. The summed E-state index contributed by atoms with van der Waals surface area (Å²) in [6, 6.07) is 9.49. The Morgan fingerprint density at radius 1 is 1.00 bits per heavy atom. The van der Waals surface area contributed by atoms with E-state index in [1.807, 2.05) is 6.92 Å². The maximum absolute atomic E-state index is 13.8. The summed E-state index contributed by atoms with van der Waals surface area (Å²) >= 11 is 6.20. The first-order valence-corrected chi connectivity index (χ1v) is 8.78. The zero-order valence-corrected chi connectivity index (χ0v) is 15.7. The normalized spacial score (nSPS) is 11.9. The number of hydrogen-bond donors (Lipinski definition) is 0. The molecule has 0 atom stereocenters. The molecule has 0 aliphatic rings. The molecule has 4 rings (SSSR count). The number of pyridine rings is 2. The third-order valence-electron chi connectivity index (χ3n) is 4.49. The molecule has 0 aliphatic heterocycles. The molecule has 0 saturated heterocycles. The lowest BCUT2D eigenvalue weighted by Gasteiger charge is -2.12. The van der Waals surface area contributed by atoms with Gasteiger partial charge in [-0.15, -0.1) is 0 Å².